The summed E-state index contributed by atoms with van der Waals surface area (Å²) in [5.41, 5.74) is 5.56. The summed E-state index contributed by atoms with van der Waals surface area (Å²) in [4.78, 5) is 23.5. The zero-order chi connectivity index (χ0) is 17.5. The molecule has 2 rings (SSSR count). The molecule has 0 heterocycles. The number of aryl methyl sites for hydroxylation is 2. The van der Waals surface area contributed by atoms with Crippen molar-refractivity contribution in [3.63, 3.8) is 0 Å². The number of anilines is 1. The van der Waals surface area contributed by atoms with Crippen LogP contribution in [0.25, 0.3) is 0 Å². The smallest absolute Gasteiger partial charge is 0.249 e. The second kappa shape index (κ2) is 7.92. The largest absolute Gasteiger partial charge is 0.507 e. The third kappa shape index (κ3) is 4.95. The summed E-state index contributed by atoms with van der Waals surface area (Å²) in [6.45, 7) is 3.93. The summed E-state index contributed by atoms with van der Waals surface area (Å²) in [5, 5.41) is 15.9. The predicted molar refractivity (Wildman–Crippen MR) is 93.0 cm³/mol. The molecule has 2 amide bonds. The Kier molecular flexibility index (Phi) is 5.68. The highest BCUT2D eigenvalue weighted by Crippen LogP contribution is 2.14. The van der Waals surface area contributed by atoms with Gasteiger partial charge in [-0.2, -0.15) is 5.10 Å². The van der Waals surface area contributed by atoms with Crippen LogP contribution in [0.1, 0.15) is 23.1 Å². The summed E-state index contributed by atoms with van der Waals surface area (Å²) in [5.74, 6) is -0.903. The standard InChI is InChI=1S/C18H19N3O3/c1-12-7-8-15(9-13(12)2)20-17(23)10-18(24)21-19-11-14-5-3-4-6-16(14)22/h3-9,11,22H,10H2,1-2H3,(H,20,23)(H,21,24)/b19-11+. The van der Waals surface area contributed by atoms with E-state index in [1.807, 2.05) is 26.0 Å². The number of phenolic OH excluding ortho intramolecular Hbond substituents is 1. The van der Waals surface area contributed by atoms with E-state index in [-0.39, 0.29) is 12.2 Å². The van der Waals surface area contributed by atoms with Crippen molar-refractivity contribution in [2.24, 2.45) is 5.10 Å². The molecule has 0 fully saturated rings. The van der Waals surface area contributed by atoms with Gasteiger partial charge in [0, 0.05) is 11.3 Å². The Labute approximate surface area is 140 Å². The third-order valence-corrected chi connectivity index (χ3v) is 3.44. The Morgan fingerprint density at radius 3 is 2.54 bits per heavy atom. The maximum atomic E-state index is 11.8. The fourth-order valence-electron chi connectivity index (χ4n) is 1.98. The average Bonchev–Trinajstić information content (AvgIpc) is 2.52. The Balaban J connectivity index is 1.84. The summed E-state index contributed by atoms with van der Waals surface area (Å²) >= 11 is 0. The van der Waals surface area contributed by atoms with E-state index in [1.54, 1.807) is 24.3 Å². The molecule has 24 heavy (non-hydrogen) atoms. The lowest BCUT2D eigenvalue weighted by Crippen LogP contribution is -2.24. The lowest BCUT2D eigenvalue weighted by molar-refractivity contribution is -0.126. The molecule has 0 aliphatic carbocycles. The van der Waals surface area contributed by atoms with Crippen LogP contribution in [-0.4, -0.2) is 23.1 Å². The maximum Gasteiger partial charge on any atom is 0.249 e. The molecule has 0 aromatic heterocycles. The SMILES string of the molecule is Cc1ccc(NC(=O)CC(=O)N/N=C/c2ccccc2O)cc1C. The van der Waals surface area contributed by atoms with Gasteiger partial charge < -0.3 is 10.4 Å². The van der Waals surface area contributed by atoms with Crippen molar-refractivity contribution < 1.29 is 14.7 Å². The van der Waals surface area contributed by atoms with E-state index in [0.717, 1.165) is 11.1 Å². The van der Waals surface area contributed by atoms with Gasteiger partial charge in [-0.15, -0.1) is 0 Å². The van der Waals surface area contributed by atoms with Crippen LogP contribution in [0, 0.1) is 13.8 Å². The van der Waals surface area contributed by atoms with E-state index in [1.165, 1.54) is 12.3 Å². The first-order valence-electron chi connectivity index (χ1n) is 7.42. The minimum absolute atomic E-state index is 0.0583. The molecule has 0 bridgehead atoms. The highest BCUT2D eigenvalue weighted by atomic mass is 16.3. The lowest BCUT2D eigenvalue weighted by Gasteiger charge is -2.07. The van der Waals surface area contributed by atoms with Crippen LogP contribution in [0.2, 0.25) is 0 Å². The zero-order valence-corrected chi connectivity index (χ0v) is 13.5. The van der Waals surface area contributed by atoms with Gasteiger partial charge in [-0.3, -0.25) is 9.59 Å². The fourth-order valence-corrected chi connectivity index (χ4v) is 1.98. The van der Waals surface area contributed by atoms with Crippen molar-refractivity contribution in [1.82, 2.24) is 5.43 Å². The van der Waals surface area contributed by atoms with Crippen LogP contribution in [0.15, 0.2) is 47.6 Å². The topological polar surface area (TPSA) is 90.8 Å². The van der Waals surface area contributed by atoms with Crippen LogP contribution < -0.4 is 10.7 Å². The molecule has 6 heteroatoms. The number of aromatic hydroxyl groups is 1. The monoisotopic (exact) mass is 325 g/mol. The van der Waals surface area contributed by atoms with Gasteiger partial charge in [0.1, 0.15) is 12.2 Å². The Hall–Kier alpha value is -3.15. The first-order valence-corrected chi connectivity index (χ1v) is 7.42. The predicted octanol–water partition coefficient (Wildman–Crippen LogP) is 2.49. The molecule has 0 saturated heterocycles. The molecule has 0 saturated carbocycles. The number of hydrogen-bond donors (Lipinski definition) is 3. The molecule has 2 aromatic rings. The van der Waals surface area contributed by atoms with Crippen LogP contribution in [0.5, 0.6) is 5.75 Å². The van der Waals surface area contributed by atoms with Crippen LogP contribution in [0.3, 0.4) is 0 Å². The van der Waals surface area contributed by atoms with Crippen LogP contribution in [-0.2, 0) is 9.59 Å². The third-order valence-electron chi connectivity index (χ3n) is 3.44. The molecule has 2 aromatic carbocycles. The van der Waals surface area contributed by atoms with E-state index >= 15 is 0 Å². The number of phenols is 1. The fraction of sp³-hybridized carbons (Fsp3) is 0.167. The summed E-state index contributed by atoms with van der Waals surface area (Å²) in [6, 6.07) is 12.1. The summed E-state index contributed by atoms with van der Waals surface area (Å²) in [6.07, 6.45) is 0.972. The van der Waals surface area contributed by atoms with Crippen molar-refractivity contribution in [1.29, 1.82) is 0 Å². The van der Waals surface area contributed by atoms with Gasteiger partial charge in [0.25, 0.3) is 0 Å². The number of para-hydroxylation sites is 1. The molecule has 0 radical (unpaired) electrons. The molecule has 0 aliphatic rings. The molecular weight excluding hydrogens is 306 g/mol. The number of hydrogen-bond acceptors (Lipinski definition) is 4. The van der Waals surface area contributed by atoms with Gasteiger partial charge in [0.15, 0.2) is 0 Å². The van der Waals surface area contributed by atoms with Crippen molar-refractivity contribution in [2.75, 3.05) is 5.32 Å². The zero-order valence-electron chi connectivity index (χ0n) is 13.5. The molecule has 0 unspecified atom stereocenters. The minimum Gasteiger partial charge on any atom is -0.507 e. The number of rotatable bonds is 5. The minimum atomic E-state index is -0.539. The van der Waals surface area contributed by atoms with Crippen molar-refractivity contribution in [3.8, 4) is 5.75 Å². The number of hydrazone groups is 1. The second-order valence-corrected chi connectivity index (χ2v) is 5.38. The van der Waals surface area contributed by atoms with Gasteiger partial charge in [-0.05, 0) is 49.2 Å². The lowest BCUT2D eigenvalue weighted by atomic mass is 10.1. The van der Waals surface area contributed by atoms with Gasteiger partial charge >= 0.3 is 0 Å². The van der Waals surface area contributed by atoms with Gasteiger partial charge in [-0.25, -0.2) is 5.43 Å². The summed E-state index contributed by atoms with van der Waals surface area (Å²) < 4.78 is 0. The van der Waals surface area contributed by atoms with Crippen molar-refractivity contribution in [2.45, 2.75) is 20.3 Å². The highest BCUT2D eigenvalue weighted by molar-refractivity contribution is 6.03. The molecule has 0 spiro atoms. The number of nitrogens with zero attached hydrogens (tertiary/aromatic N) is 1. The number of benzene rings is 2. The first kappa shape index (κ1) is 17.2. The Morgan fingerprint density at radius 2 is 1.83 bits per heavy atom. The van der Waals surface area contributed by atoms with E-state index in [0.29, 0.717) is 11.3 Å². The van der Waals surface area contributed by atoms with Gasteiger partial charge in [-0.1, -0.05) is 18.2 Å². The Bertz CT molecular complexity index is 785. The highest BCUT2D eigenvalue weighted by Gasteiger charge is 2.09. The van der Waals surface area contributed by atoms with E-state index in [2.05, 4.69) is 15.8 Å². The van der Waals surface area contributed by atoms with Crippen LogP contribution in [0.4, 0.5) is 5.69 Å². The second-order valence-electron chi connectivity index (χ2n) is 5.38. The molecule has 6 nitrogen and oxygen atoms in total. The average molecular weight is 325 g/mol. The molecular formula is C18H19N3O3. The quantitative estimate of drug-likeness (QED) is 0.448. The van der Waals surface area contributed by atoms with E-state index in [4.69, 9.17) is 0 Å². The molecule has 0 aliphatic heterocycles. The van der Waals surface area contributed by atoms with E-state index < -0.39 is 11.8 Å². The molecule has 0 atom stereocenters. The normalized spacial score (nSPS) is 10.6. The number of carbonyl (C=O) groups is 2. The van der Waals surface area contributed by atoms with Gasteiger partial charge in [0.2, 0.25) is 11.8 Å². The van der Waals surface area contributed by atoms with Gasteiger partial charge in [0.05, 0.1) is 6.21 Å². The van der Waals surface area contributed by atoms with Crippen molar-refractivity contribution in [3.05, 3.63) is 59.2 Å². The van der Waals surface area contributed by atoms with Crippen LogP contribution >= 0.6 is 0 Å². The maximum absolute atomic E-state index is 11.8. The first-order chi connectivity index (χ1) is 11.5. The molecule has 3 N–H and O–H groups in total. The summed E-state index contributed by atoms with van der Waals surface area (Å²) in [7, 11) is 0. The van der Waals surface area contributed by atoms with E-state index in [9.17, 15) is 14.7 Å². The Morgan fingerprint density at radius 1 is 1.08 bits per heavy atom. The number of nitrogens with one attached hydrogen (secondary N) is 2. The number of carbonyl (C=O) groups excluding carboxylic acids is 2. The molecule has 124 valence electrons. The number of amides is 2. The van der Waals surface area contributed by atoms with Crippen molar-refractivity contribution >= 4 is 23.7 Å².